The van der Waals surface area contributed by atoms with Crippen LogP contribution < -0.4 is 0 Å². The monoisotopic (exact) mass is 715 g/mol. The summed E-state index contributed by atoms with van der Waals surface area (Å²) in [7, 11) is 0. The number of furan rings is 2. The van der Waals surface area contributed by atoms with Crippen LogP contribution in [0.2, 0.25) is 0 Å². The van der Waals surface area contributed by atoms with Gasteiger partial charge in [-0.15, -0.1) is 0 Å². The van der Waals surface area contributed by atoms with Gasteiger partial charge in [-0.2, -0.15) is 0 Å². The van der Waals surface area contributed by atoms with Crippen LogP contribution in [-0.4, -0.2) is 16.1 Å². The van der Waals surface area contributed by atoms with Crippen LogP contribution in [0.4, 0.5) is 0 Å². The third kappa shape index (κ3) is 4.69. The molecule has 11 aromatic rings. The first-order chi connectivity index (χ1) is 27.7. The molecule has 12 rings (SSSR count). The van der Waals surface area contributed by atoms with Crippen molar-refractivity contribution in [1.29, 1.82) is 0 Å². The first-order valence-corrected chi connectivity index (χ1v) is 18.7. The molecule has 8 aromatic carbocycles. The number of fused-ring (bicyclic) bond motifs is 10. The molecule has 0 radical (unpaired) electrons. The molecule has 0 fully saturated rings. The molecule has 5 heteroatoms. The lowest BCUT2D eigenvalue weighted by Crippen LogP contribution is -2.04. The molecule has 0 atom stereocenters. The Morgan fingerprint density at radius 3 is 1.88 bits per heavy atom. The van der Waals surface area contributed by atoms with Crippen molar-refractivity contribution in [3.8, 4) is 5.69 Å². The second-order valence-electron chi connectivity index (χ2n) is 14.3. The second kappa shape index (κ2) is 11.9. The maximum absolute atomic E-state index is 6.56. The minimum absolute atomic E-state index is 0.595. The largest absolute Gasteiger partial charge is 0.456 e. The Hall–Kier alpha value is -7.72. The zero-order chi connectivity index (χ0) is 36.7. The molecule has 0 saturated heterocycles. The highest BCUT2D eigenvalue weighted by atomic mass is 16.3. The van der Waals surface area contributed by atoms with Crippen molar-refractivity contribution in [1.82, 2.24) is 4.57 Å². The third-order valence-corrected chi connectivity index (χ3v) is 11.0. The minimum atomic E-state index is 0.595. The maximum atomic E-state index is 6.56. The summed E-state index contributed by atoms with van der Waals surface area (Å²) >= 11 is 0. The van der Waals surface area contributed by atoms with Gasteiger partial charge in [-0.05, 0) is 59.3 Å². The molecule has 5 nitrogen and oxygen atoms in total. The number of allylic oxidation sites excluding steroid dienone is 1. The van der Waals surface area contributed by atoms with Gasteiger partial charge < -0.3 is 13.4 Å². The second-order valence-corrected chi connectivity index (χ2v) is 14.3. The van der Waals surface area contributed by atoms with Gasteiger partial charge in [0.15, 0.2) is 5.84 Å². The van der Waals surface area contributed by atoms with Crippen molar-refractivity contribution >= 4 is 93.7 Å². The summed E-state index contributed by atoms with van der Waals surface area (Å²) in [5.41, 5.74) is 14.2. The van der Waals surface area contributed by atoms with E-state index in [1.165, 1.54) is 21.5 Å². The number of nitrogens with zero attached hydrogens (tertiary/aromatic N) is 3. The van der Waals surface area contributed by atoms with E-state index in [2.05, 4.69) is 132 Å². The molecule has 4 heterocycles. The van der Waals surface area contributed by atoms with Gasteiger partial charge in [-0.25, -0.2) is 9.98 Å². The summed E-state index contributed by atoms with van der Waals surface area (Å²) in [5.74, 6) is 0.595. The van der Waals surface area contributed by atoms with Crippen molar-refractivity contribution in [2.45, 2.75) is 0 Å². The third-order valence-electron chi connectivity index (χ3n) is 11.0. The molecule has 0 saturated carbocycles. The Labute approximate surface area is 320 Å². The van der Waals surface area contributed by atoms with E-state index in [1.54, 1.807) is 0 Å². The van der Waals surface area contributed by atoms with E-state index in [1.807, 2.05) is 54.6 Å². The van der Waals surface area contributed by atoms with Crippen LogP contribution in [0.1, 0.15) is 16.7 Å². The molecular formula is C51H29N3O2. The fourth-order valence-electron chi connectivity index (χ4n) is 8.38. The number of hydrogen-bond acceptors (Lipinski definition) is 4. The van der Waals surface area contributed by atoms with Crippen molar-refractivity contribution in [2.24, 2.45) is 9.98 Å². The number of hydrogen-bond donors (Lipinski definition) is 0. The SMILES string of the molecule is C1=CC(c2ccc3c(c2)oc2ccccc23)=NC(c2ccccc2)=NC=1c1cc2c(cc1-n1c3ccccc3c3cc4ccccc4cc31)oc1ccccc12. The van der Waals surface area contributed by atoms with Crippen molar-refractivity contribution < 1.29 is 8.83 Å². The molecule has 0 amide bonds. The number of aromatic nitrogens is 1. The first kappa shape index (κ1) is 30.7. The van der Waals surface area contributed by atoms with Crippen LogP contribution in [0.5, 0.6) is 0 Å². The quantitative estimate of drug-likeness (QED) is 0.170. The average Bonchev–Trinajstić information content (AvgIpc) is 3.85. The molecule has 0 aliphatic carbocycles. The molecule has 56 heavy (non-hydrogen) atoms. The Balaban J connectivity index is 1.16. The fraction of sp³-hybridized carbons (Fsp3) is 0. The molecule has 0 bridgehead atoms. The fourth-order valence-corrected chi connectivity index (χ4v) is 8.38. The van der Waals surface area contributed by atoms with Crippen LogP contribution in [0.3, 0.4) is 0 Å². The van der Waals surface area contributed by atoms with E-state index in [9.17, 15) is 0 Å². The number of aliphatic imine (C=N–C) groups is 2. The van der Waals surface area contributed by atoms with Gasteiger partial charge in [0, 0.05) is 61.2 Å². The van der Waals surface area contributed by atoms with Crippen molar-refractivity contribution in [2.75, 3.05) is 0 Å². The van der Waals surface area contributed by atoms with E-state index < -0.39 is 0 Å². The van der Waals surface area contributed by atoms with E-state index >= 15 is 0 Å². The van der Waals surface area contributed by atoms with Gasteiger partial charge in [0.1, 0.15) is 28.0 Å². The zero-order valence-corrected chi connectivity index (χ0v) is 29.9. The van der Waals surface area contributed by atoms with Gasteiger partial charge in [0.25, 0.3) is 0 Å². The predicted molar refractivity (Wildman–Crippen MR) is 230 cm³/mol. The Bertz CT molecular complexity index is 3570. The van der Waals surface area contributed by atoms with Gasteiger partial charge in [0.2, 0.25) is 0 Å². The minimum Gasteiger partial charge on any atom is -0.456 e. The van der Waals surface area contributed by atoms with Crippen molar-refractivity contribution in [3.63, 3.8) is 0 Å². The number of para-hydroxylation sites is 3. The predicted octanol–water partition coefficient (Wildman–Crippen LogP) is 13.2. The van der Waals surface area contributed by atoms with Gasteiger partial charge in [-0.1, -0.05) is 121 Å². The summed E-state index contributed by atoms with van der Waals surface area (Å²) in [6.07, 6.45) is 1.96. The first-order valence-electron chi connectivity index (χ1n) is 18.7. The van der Waals surface area contributed by atoms with Gasteiger partial charge >= 0.3 is 0 Å². The standard InChI is InChI=1S/C51H29N3O2/c1-2-12-31(13-3-1)51-52-42(34-22-23-38-36-17-7-10-20-47(36)55-49(38)28-34)24-25-43(53-51)41-29-40-37-18-8-11-21-48(37)56-50(40)30-46(41)54-44-19-9-6-16-35(44)39-26-32-14-4-5-15-33(32)27-45(39)54/h1-24,26-30H. The Morgan fingerprint density at radius 1 is 0.429 bits per heavy atom. The molecule has 260 valence electrons. The Morgan fingerprint density at radius 2 is 1.07 bits per heavy atom. The summed E-state index contributed by atoms with van der Waals surface area (Å²) in [6.45, 7) is 0. The van der Waals surface area contributed by atoms with Gasteiger partial charge in [-0.3, -0.25) is 0 Å². The van der Waals surface area contributed by atoms with Crippen molar-refractivity contribution in [3.05, 3.63) is 198 Å². The lowest BCUT2D eigenvalue weighted by molar-refractivity contribution is 0.668. The zero-order valence-electron chi connectivity index (χ0n) is 29.9. The Kier molecular flexibility index (Phi) is 6.52. The molecule has 1 aliphatic heterocycles. The van der Waals surface area contributed by atoms with E-state index in [-0.39, 0.29) is 0 Å². The van der Waals surface area contributed by atoms with E-state index in [0.717, 1.165) is 83.0 Å². The average molecular weight is 716 g/mol. The summed E-state index contributed by atoms with van der Waals surface area (Å²) in [5, 5.41) is 8.95. The highest BCUT2D eigenvalue weighted by Crippen LogP contribution is 2.41. The van der Waals surface area contributed by atoms with Crippen LogP contribution in [0.15, 0.2) is 200 Å². The summed E-state index contributed by atoms with van der Waals surface area (Å²) in [4.78, 5) is 10.6. The summed E-state index contributed by atoms with van der Waals surface area (Å²) in [6, 6.07) is 58.9. The molecular weight excluding hydrogens is 687 g/mol. The molecule has 3 aromatic heterocycles. The molecule has 0 unspecified atom stereocenters. The summed E-state index contributed by atoms with van der Waals surface area (Å²) < 4.78 is 15.2. The number of amidine groups is 1. The number of rotatable bonds is 4. The molecule has 1 aliphatic rings. The maximum Gasteiger partial charge on any atom is 0.161 e. The lowest BCUT2D eigenvalue weighted by atomic mass is 10.0. The van der Waals surface area contributed by atoms with E-state index in [4.69, 9.17) is 18.8 Å². The van der Waals surface area contributed by atoms with Crippen LogP contribution in [-0.2, 0) is 0 Å². The highest BCUT2D eigenvalue weighted by Gasteiger charge is 2.22. The van der Waals surface area contributed by atoms with Crippen LogP contribution >= 0.6 is 0 Å². The molecule has 0 spiro atoms. The normalized spacial score (nSPS) is 13.3. The lowest BCUT2D eigenvalue weighted by Gasteiger charge is -2.14. The smallest absolute Gasteiger partial charge is 0.161 e. The molecule has 0 N–H and O–H groups in total. The number of benzene rings is 8. The topological polar surface area (TPSA) is 55.9 Å². The van der Waals surface area contributed by atoms with Crippen LogP contribution in [0, 0.1) is 0 Å². The van der Waals surface area contributed by atoms with Gasteiger partial charge in [0.05, 0.1) is 22.4 Å². The van der Waals surface area contributed by atoms with E-state index in [0.29, 0.717) is 11.5 Å². The highest BCUT2D eigenvalue weighted by molar-refractivity contribution is 6.21. The van der Waals surface area contributed by atoms with Crippen LogP contribution in [0.25, 0.3) is 87.8 Å².